The molecule has 1 N–H and O–H groups in total. The smallest absolute Gasteiger partial charge is 0.164 e. The van der Waals surface area contributed by atoms with Crippen LogP contribution in [0.2, 0.25) is 0 Å². The van der Waals surface area contributed by atoms with Crippen LogP contribution in [-0.2, 0) is 4.79 Å². The Bertz CT molecular complexity index is 196. The van der Waals surface area contributed by atoms with E-state index in [1.807, 2.05) is 20.8 Å². The van der Waals surface area contributed by atoms with Crippen LogP contribution in [0.3, 0.4) is 0 Å². The van der Waals surface area contributed by atoms with E-state index in [0.717, 1.165) is 6.42 Å². The van der Waals surface area contributed by atoms with E-state index in [-0.39, 0.29) is 17.1 Å². The van der Waals surface area contributed by atoms with Crippen molar-refractivity contribution in [2.75, 3.05) is 0 Å². The summed E-state index contributed by atoms with van der Waals surface area (Å²) in [7, 11) is 0. The van der Waals surface area contributed by atoms with Crippen molar-refractivity contribution in [3.8, 4) is 0 Å². The van der Waals surface area contributed by atoms with Crippen LogP contribution >= 0.6 is 0 Å². The maximum atomic E-state index is 11.4. The molecule has 2 heteroatoms. The van der Waals surface area contributed by atoms with Gasteiger partial charge in [0, 0.05) is 11.3 Å². The van der Waals surface area contributed by atoms with Crippen LogP contribution in [0.15, 0.2) is 0 Å². The maximum Gasteiger partial charge on any atom is 0.164 e. The van der Waals surface area contributed by atoms with Crippen molar-refractivity contribution in [1.29, 1.82) is 0 Å². The molecular weight excluding hydrogens is 152 g/mol. The molecule has 0 bridgehead atoms. The summed E-state index contributed by atoms with van der Waals surface area (Å²) in [5.74, 6) is 0.381. The fourth-order valence-electron chi connectivity index (χ4n) is 2.54. The number of aliphatic hydroxyl groups is 1. The molecule has 1 aliphatic rings. The van der Waals surface area contributed by atoms with E-state index < -0.39 is 6.10 Å². The van der Waals surface area contributed by atoms with E-state index in [4.69, 9.17) is 0 Å². The quantitative estimate of drug-likeness (QED) is 0.649. The third-order valence-electron chi connectivity index (χ3n) is 3.42. The zero-order valence-corrected chi connectivity index (χ0v) is 8.29. The Balaban J connectivity index is 2.96. The molecule has 0 aliphatic heterocycles. The number of carbonyl (C=O) groups excluding carboxylic acids is 1. The zero-order valence-electron chi connectivity index (χ0n) is 8.29. The van der Waals surface area contributed by atoms with Crippen molar-refractivity contribution < 1.29 is 9.90 Å². The lowest BCUT2D eigenvalue weighted by molar-refractivity contribution is -0.129. The highest BCUT2D eigenvalue weighted by Gasteiger charge is 2.51. The van der Waals surface area contributed by atoms with Gasteiger partial charge in [0.15, 0.2) is 5.78 Å². The van der Waals surface area contributed by atoms with Crippen LogP contribution in [-0.4, -0.2) is 17.0 Å². The first-order valence-corrected chi connectivity index (χ1v) is 4.64. The number of ketones is 1. The third-order valence-corrected chi connectivity index (χ3v) is 3.42. The van der Waals surface area contributed by atoms with Crippen LogP contribution in [0.5, 0.6) is 0 Å². The Morgan fingerprint density at radius 3 is 2.17 bits per heavy atom. The van der Waals surface area contributed by atoms with Gasteiger partial charge < -0.3 is 5.11 Å². The van der Waals surface area contributed by atoms with E-state index in [0.29, 0.717) is 5.92 Å². The SMILES string of the molecule is CCC1C(C)C(=O)C(O)C1(C)C. The minimum absolute atomic E-state index is 0.0202. The average Bonchev–Trinajstić information content (AvgIpc) is 2.13. The van der Waals surface area contributed by atoms with Crippen LogP contribution in [0, 0.1) is 17.3 Å². The van der Waals surface area contributed by atoms with Crippen molar-refractivity contribution in [3.63, 3.8) is 0 Å². The van der Waals surface area contributed by atoms with Crippen molar-refractivity contribution >= 4 is 5.78 Å². The molecule has 1 aliphatic carbocycles. The summed E-state index contributed by atoms with van der Waals surface area (Å²) in [6.07, 6.45) is 0.217. The van der Waals surface area contributed by atoms with Gasteiger partial charge in [-0.1, -0.05) is 34.1 Å². The summed E-state index contributed by atoms with van der Waals surface area (Å²) >= 11 is 0. The molecule has 0 aromatic carbocycles. The molecule has 3 unspecified atom stereocenters. The van der Waals surface area contributed by atoms with Crippen LogP contribution < -0.4 is 0 Å². The third kappa shape index (κ3) is 1.09. The van der Waals surface area contributed by atoms with Gasteiger partial charge in [-0.3, -0.25) is 4.79 Å². The molecule has 0 radical (unpaired) electrons. The molecule has 1 rings (SSSR count). The van der Waals surface area contributed by atoms with Gasteiger partial charge in [0.25, 0.3) is 0 Å². The number of hydrogen-bond donors (Lipinski definition) is 1. The summed E-state index contributed by atoms with van der Waals surface area (Å²) in [5.41, 5.74) is -0.231. The number of hydrogen-bond acceptors (Lipinski definition) is 2. The summed E-state index contributed by atoms with van der Waals surface area (Å²) in [6.45, 7) is 7.96. The molecule has 1 saturated carbocycles. The molecular formula is C10H18O2. The van der Waals surface area contributed by atoms with E-state index in [1.165, 1.54) is 0 Å². The molecule has 0 spiro atoms. The van der Waals surface area contributed by atoms with Gasteiger partial charge in [0.1, 0.15) is 6.10 Å². The Hall–Kier alpha value is -0.370. The monoisotopic (exact) mass is 170 g/mol. The second-order valence-corrected chi connectivity index (χ2v) is 4.43. The number of carbonyl (C=O) groups is 1. The van der Waals surface area contributed by atoms with Gasteiger partial charge in [-0.05, 0) is 5.92 Å². The first-order chi connectivity index (χ1) is 5.42. The maximum absolute atomic E-state index is 11.4. The lowest BCUT2D eigenvalue weighted by Gasteiger charge is -2.29. The second kappa shape index (κ2) is 2.84. The standard InChI is InChI=1S/C10H18O2/c1-5-7-6(2)8(11)9(12)10(7,3)4/h6-7,9,12H,5H2,1-4H3. The highest BCUT2D eigenvalue weighted by molar-refractivity contribution is 5.88. The van der Waals surface area contributed by atoms with Crippen molar-refractivity contribution in [2.24, 2.45) is 17.3 Å². The Labute approximate surface area is 74.0 Å². The van der Waals surface area contributed by atoms with Gasteiger partial charge >= 0.3 is 0 Å². The van der Waals surface area contributed by atoms with E-state index in [9.17, 15) is 9.90 Å². The van der Waals surface area contributed by atoms with Crippen LogP contribution in [0.1, 0.15) is 34.1 Å². The lowest BCUT2D eigenvalue weighted by Crippen LogP contribution is -2.31. The molecule has 0 aromatic heterocycles. The fraction of sp³-hybridized carbons (Fsp3) is 0.900. The predicted octanol–water partition coefficient (Wildman–Crippen LogP) is 1.62. The predicted molar refractivity (Wildman–Crippen MR) is 47.7 cm³/mol. The Morgan fingerprint density at radius 2 is 2.00 bits per heavy atom. The summed E-state index contributed by atoms with van der Waals surface area (Å²) in [6, 6.07) is 0. The van der Waals surface area contributed by atoms with E-state index in [2.05, 4.69) is 6.92 Å². The van der Waals surface area contributed by atoms with Gasteiger partial charge in [0.2, 0.25) is 0 Å². The van der Waals surface area contributed by atoms with Gasteiger partial charge in [-0.15, -0.1) is 0 Å². The van der Waals surface area contributed by atoms with Crippen LogP contribution in [0.4, 0.5) is 0 Å². The Morgan fingerprint density at radius 1 is 1.50 bits per heavy atom. The minimum atomic E-state index is -0.752. The molecule has 3 atom stereocenters. The molecule has 0 saturated heterocycles. The largest absolute Gasteiger partial charge is 0.385 e. The molecule has 2 nitrogen and oxygen atoms in total. The van der Waals surface area contributed by atoms with Crippen molar-refractivity contribution in [1.82, 2.24) is 0 Å². The summed E-state index contributed by atoms with van der Waals surface area (Å²) < 4.78 is 0. The molecule has 1 fully saturated rings. The number of aliphatic hydroxyl groups excluding tert-OH is 1. The molecule has 0 aromatic rings. The van der Waals surface area contributed by atoms with E-state index in [1.54, 1.807) is 0 Å². The first kappa shape index (κ1) is 9.72. The molecule has 70 valence electrons. The van der Waals surface area contributed by atoms with Gasteiger partial charge in [-0.2, -0.15) is 0 Å². The second-order valence-electron chi connectivity index (χ2n) is 4.43. The topological polar surface area (TPSA) is 37.3 Å². The van der Waals surface area contributed by atoms with Crippen LogP contribution in [0.25, 0.3) is 0 Å². The number of Topliss-reactive ketones (excluding diaryl/α,β-unsaturated/α-hetero) is 1. The Kier molecular flexibility index (Phi) is 2.30. The van der Waals surface area contributed by atoms with Crippen molar-refractivity contribution in [2.45, 2.75) is 40.2 Å². The first-order valence-electron chi connectivity index (χ1n) is 4.64. The minimum Gasteiger partial charge on any atom is -0.385 e. The fourth-order valence-corrected chi connectivity index (χ4v) is 2.54. The molecule has 12 heavy (non-hydrogen) atoms. The van der Waals surface area contributed by atoms with Gasteiger partial charge in [-0.25, -0.2) is 0 Å². The van der Waals surface area contributed by atoms with Gasteiger partial charge in [0.05, 0.1) is 0 Å². The number of rotatable bonds is 1. The molecule has 0 heterocycles. The normalized spacial score (nSPS) is 40.4. The highest BCUT2D eigenvalue weighted by atomic mass is 16.3. The molecule has 0 amide bonds. The highest BCUT2D eigenvalue weighted by Crippen LogP contribution is 2.45. The average molecular weight is 170 g/mol. The van der Waals surface area contributed by atoms with E-state index >= 15 is 0 Å². The summed E-state index contributed by atoms with van der Waals surface area (Å²) in [4.78, 5) is 11.4. The summed E-state index contributed by atoms with van der Waals surface area (Å²) in [5, 5.41) is 9.65. The van der Waals surface area contributed by atoms with Crippen molar-refractivity contribution in [3.05, 3.63) is 0 Å². The lowest BCUT2D eigenvalue weighted by atomic mass is 9.76. The zero-order chi connectivity index (χ0) is 9.52.